The third kappa shape index (κ3) is 4.88. The van der Waals surface area contributed by atoms with Crippen LogP contribution in [-0.4, -0.2) is 36.2 Å². The van der Waals surface area contributed by atoms with Gasteiger partial charge in [0.15, 0.2) is 0 Å². The number of urea groups is 1. The van der Waals surface area contributed by atoms with Crippen LogP contribution in [0.15, 0.2) is 18.2 Å². The van der Waals surface area contributed by atoms with Crippen molar-refractivity contribution in [2.75, 3.05) is 13.1 Å². The van der Waals surface area contributed by atoms with Crippen molar-refractivity contribution in [2.24, 2.45) is 0 Å². The summed E-state index contributed by atoms with van der Waals surface area (Å²) in [7, 11) is 0. The highest BCUT2D eigenvalue weighted by atomic mass is 19.1. The maximum absolute atomic E-state index is 13.5. The molecule has 1 aliphatic heterocycles. The monoisotopic (exact) mass is 327 g/mol. The summed E-state index contributed by atoms with van der Waals surface area (Å²) in [5.41, 5.74) is -0.112. The minimum Gasteiger partial charge on any atom is -0.386 e. The van der Waals surface area contributed by atoms with Gasteiger partial charge in [0.05, 0.1) is 6.10 Å². The number of halogens is 2. The molecular formula is C15H19F2N3O3. The van der Waals surface area contributed by atoms with Crippen LogP contribution in [0.3, 0.4) is 0 Å². The van der Waals surface area contributed by atoms with Crippen LogP contribution >= 0.6 is 0 Å². The van der Waals surface area contributed by atoms with Crippen molar-refractivity contribution in [1.29, 1.82) is 0 Å². The number of rotatable bonds is 4. The van der Waals surface area contributed by atoms with Gasteiger partial charge in [0.1, 0.15) is 17.7 Å². The molecule has 2 rings (SSSR count). The first kappa shape index (κ1) is 17.1. The van der Waals surface area contributed by atoms with E-state index >= 15 is 0 Å². The van der Waals surface area contributed by atoms with Crippen molar-refractivity contribution in [3.05, 3.63) is 35.4 Å². The van der Waals surface area contributed by atoms with Gasteiger partial charge in [-0.2, -0.15) is 0 Å². The Morgan fingerprint density at radius 3 is 2.91 bits per heavy atom. The predicted molar refractivity (Wildman–Crippen MR) is 78.5 cm³/mol. The summed E-state index contributed by atoms with van der Waals surface area (Å²) in [5.74, 6) is -1.88. The fourth-order valence-electron chi connectivity index (χ4n) is 2.36. The molecule has 0 aromatic heterocycles. The fraction of sp³-hybridized carbons (Fsp3) is 0.467. The number of nitrogens with one attached hydrogen (secondary N) is 3. The zero-order valence-electron chi connectivity index (χ0n) is 12.4. The second-order valence-corrected chi connectivity index (χ2v) is 5.38. The normalized spacial score (nSPS) is 19.4. The van der Waals surface area contributed by atoms with Crippen molar-refractivity contribution in [3.63, 3.8) is 0 Å². The van der Waals surface area contributed by atoms with Crippen molar-refractivity contribution in [1.82, 2.24) is 16.0 Å². The van der Waals surface area contributed by atoms with Crippen LogP contribution in [0.25, 0.3) is 0 Å². The lowest BCUT2D eigenvalue weighted by molar-refractivity contribution is -0.122. The van der Waals surface area contributed by atoms with Gasteiger partial charge in [0, 0.05) is 24.7 Å². The summed E-state index contributed by atoms with van der Waals surface area (Å²) >= 11 is 0. The van der Waals surface area contributed by atoms with E-state index in [0.29, 0.717) is 19.0 Å². The maximum Gasteiger partial charge on any atom is 0.315 e. The summed E-state index contributed by atoms with van der Waals surface area (Å²) in [6.45, 7) is 0.323. The number of aliphatic hydroxyl groups is 1. The van der Waals surface area contributed by atoms with E-state index in [1.807, 2.05) is 0 Å². The average Bonchev–Trinajstić information content (AvgIpc) is 2.70. The van der Waals surface area contributed by atoms with Gasteiger partial charge >= 0.3 is 6.03 Å². The molecule has 3 amide bonds. The van der Waals surface area contributed by atoms with Gasteiger partial charge < -0.3 is 21.1 Å². The van der Waals surface area contributed by atoms with E-state index in [0.717, 1.165) is 25.0 Å². The van der Waals surface area contributed by atoms with Crippen LogP contribution in [-0.2, 0) is 4.79 Å². The quantitative estimate of drug-likeness (QED) is 0.664. The van der Waals surface area contributed by atoms with Gasteiger partial charge in [-0.05, 0) is 25.3 Å². The third-order valence-corrected chi connectivity index (χ3v) is 3.62. The maximum atomic E-state index is 13.5. The van der Waals surface area contributed by atoms with E-state index in [2.05, 4.69) is 16.0 Å². The molecule has 0 aliphatic carbocycles. The Balaban J connectivity index is 1.84. The number of benzene rings is 1. The van der Waals surface area contributed by atoms with Gasteiger partial charge in [-0.25, -0.2) is 13.6 Å². The van der Waals surface area contributed by atoms with E-state index in [4.69, 9.17) is 0 Å². The first-order valence-electron chi connectivity index (χ1n) is 7.42. The average molecular weight is 327 g/mol. The highest BCUT2D eigenvalue weighted by Crippen LogP contribution is 2.17. The number of carbonyl (C=O) groups excluding carboxylic acids is 2. The molecule has 23 heavy (non-hydrogen) atoms. The molecule has 1 aliphatic rings. The second-order valence-electron chi connectivity index (χ2n) is 5.38. The topological polar surface area (TPSA) is 90.5 Å². The van der Waals surface area contributed by atoms with Gasteiger partial charge in [0.2, 0.25) is 5.91 Å². The number of amides is 3. The van der Waals surface area contributed by atoms with E-state index in [1.165, 1.54) is 0 Å². The number of aliphatic hydroxyl groups excluding tert-OH is 1. The summed E-state index contributed by atoms with van der Waals surface area (Å²) in [5, 5.41) is 17.4. The molecular weight excluding hydrogens is 308 g/mol. The molecule has 1 heterocycles. The van der Waals surface area contributed by atoms with Crippen LogP contribution in [0.1, 0.15) is 30.9 Å². The third-order valence-electron chi connectivity index (χ3n) is 3.62. The number of carbonyl (C=O) groups is 2. The van der Waals surface area contributed by atoms with Crippen LogP contribution in [0.4, 0.5) is 13.6 Å². The Morgan fingerprint density at radius 1 is 1.39 bits per heavy atom. The number of hydrogen-bond donors (Lipinski definition) is 4. The van der Waals surface area contributed by atoms with Crippen molar-refractivity contribution in [2.45, 2.75) is 31.4 Å². The van der Waals surface area contributed by atoms with E-state index in [1.54, 1.807) is 0 Å². The second kappa shape index (κ2) is 7.87. The molecule has 8 heteroatoms. The van der Waals surface area contributed by atoms with Crippen molar-refractivity contribution in [3.8, 4) is 0 Å². The molecule has 1 aromatic carbocycles. The number of hydrogen-bond acceptors (Lipinski definition) is 3. The van der Waals surface area contributed by atoms with Gasteiger partial charge in [-0.3, -0.25) is 4.79 Å². The van der Waals surface area contributed by atoms with E-state index in [-0.39, 0.29) is 18.0 Å². The highest BCUT2D eigenvalue weighted by Gasteiger charge is 2.22. The molecule has 126 valence electrons. The Bertz CT molecular complexity index is 583. The van der Waals surface area contributed by atoms with Gasteiger partial charge in [0.25, 0.3) is 0 Å². The zero-order chi connectivity index (χ0) is 16.8. The molecule has 0 saturated carbocycles. The minimum atomic E-state index is -1.32. The van der Waals surface area contributed by atoms with Gasteiger partial charge in [-0.15, -0.1) is 0 Å². The molecule has 1 saturated heterocycles. The summed E-state index contributed by atoms with van der Waals surface area (Å²) < 4.78 is 26.3. The highest BCUT2D eigenvalue weighted by molar-refractivity contribution is 5.87. The smallest absolute Gasteiger partial charge is 0.315 e. The van der Waals surface area contributed by atoms with E-state index in [9.17, 15) is 23.5 Å². The first-order chi connectivity index (χ1) is 11.0. The Hall–Kier alpha value is -2.22. The Kier molecular flexibility index (Phi) is 5.86. The zero-order valence-corrected chi connectivity index (χ0v) is 12.4. The van der Waals surface area contributed by atoms with Gasteiger partial charge in [-0.1, -0.05) is 6.07 Å². The standard InChI is InChI=1S/C15H19F2N3O3/c16-9-4-5-10(11(17)7-9)13(21)8-19-15(23)20-12-3-1-2-6-18-14(12)22/h4-5,7,12-13,21H,1-3,6,8H2,(H,18,22)(H2,19,20,23)/t12-,13+/m1/s1. The summed E-state index contributed by atoms with van der Waals surface area (Å²) in [4.78, 5) is 23.5. The minimum absolute atomic E-state index is 0.112. The van der Waals surface area contributed by atoms with Crippen LogP contribution in [0.2, 0.25) is 0 Å². The molecule has 0 spiro atoms. The Morgan fingerprint density at radius 2 is 2.17 bits per heavy atom. The van der Waals surface area contributed by atoms with Crippen molar-refractivity contribution < 1.29 is 23.5 Å². The Labute approximate surface area is 132 Å². The van der Waals surface area contributed by atoms with Crippen LogP contribution in [0, 0.1) is 11.6 Å². The largest absolute Gasteiger partial charge is 0.386 e. The van der Waals surface area contributed by atoms with E-state index < -0.39 is 29.8 Å². The molecule has 2 atom stereocenters. The van der Waals surface area contributed by atoms with Crippen LogP contribution in [0.5, 0.6) is 0 Å². The molecule has 6 nitrogen and oxygen atoms in total. The molecule has 0 radical (unpaired) electrons. The molecule has 0 bridgehead atoms. The lowest BCUT2D eigenvalue weighted by Crippen LogP contribution is -2.49. The lowest BCUT2D eigenvalue weighted by Gasteiger charge is -2.17. The molecule has 1 aromatic rings. The van der Waals surface area contributed by atoms with Crippen LogP contribution < -0.4 is 16.0 Å². The molecule has 4 N–H and O–H groups in total. The summed E-state index contributed by atoms with van der Waals surface area (Å²) in [6, 6.07) is 1.55. The first-order valence-corrected chi connectivity index (χ1v) is 7.42. The molecule has 0 unspecified atom stereocenters. The molecule has 1 fully saturated rings. The SMILES string of the molecule is O=C(NC[C@H](O)c1ccc(F)cc1F)N[C@@H]1CCCCNC1=O. The summed E-state index contributed by atoms with van der Waals surface area (Å²) in [6.07, 6.45) is 0.889. The fourth-order valence-corrected chi connectivity index (χ4v) is 2.36. The van der Waals surface area contributed by atoms with Crippen molar-refractivity contribution >= 4 is 11.9 Å². The predicted octanol–water partition coefficient (Wildman–Crippen LogP) is 0.966. The lowest BCUT2D eigenvalue weighted by atomic mass is 10.1.